The summed E-state index contributed by atoms with van der Waals surface area (Å²) in [5, 5.41) is 7.92. The first-order valence-electron chi connectivity index (χ1n) is 11.1. The van der Waals surface area contributed by atoms with E-state index in [0.717, 1.165) is 82.6 Å². The summed E-state index contributed by atoms with van der Waals surface area (Å²) in [4.78, 5) is 26.3. The minimum absolute atomic E-state index is 0.0335. The van der Waals surface area contributed by atoms with Crippen molar-refractivity contribution in [1.82, 2.24) is 29.5 Å². The third kappa shape index (κ3) is 4.66. The zero-order chi connectivity index (χ0) is 20.8. The summed E-state index contributed by atoms with van der Waals surface area (Å²) in [6.07, 6.45) is 5.76. The first kappa shape index (κ1) is 20.4. The highest BCUT2D eigenvalue weighted by atomic mass is 16.2. The fraction of sp³-hybridized carbons (Fsp3) is 0.619. The Morgan fingerprint density at radius 3 is 2.77 bits per heavy atom. The van der Waals surface area contributed by atoms with Crippen molar-refractivity contribution < 1.29 is 0 Å². The van der Waals surface area contributed by atoms with Gasteiger partial charge >= 0.3 is 5.69 Å². The highest BCUT2D eigenvalue weighted by Crippen LogP contribution is 2.13. The van der Waals surface area contributed by atoms with E-state index >= 15 is 0 Å². The lowest BCUT2D eigenvalue weighted by molar-refractivity contribution is 0.371. The Morgan fingerprint density at radius 2 is 2.03 bits per heavy atom. The standard InChI is InChI=1S/C21H32N8O/c1-2-22-20(27-16-14-26(15-17-27)18-8-3-5-10-23-18)24-11-7-13-29-21(30)28-12-6-4-9-19(28)25-29/h3,5,8,10H,2,4,6-7,9,11-17H2,1H3,(H,22,24). The van der Waals surface area contributed by atoms with E-state index in [1.165, 1.54) is 0 Å². The molecule has 1 fully saturated rings. The molecule has 2 aliphatic heterocycles. The molecular weight excluding hydrogens is 380 g/mol. The lowest BCUT2D eigenvalue weighted by Crippen LogP contribution is -2.52. The number of hydrogen-bond donors (Lipinski definition) is 1. The Morgan fingerprint density at radius 1 is 1.17 bits per heavy atom. The molecule has 30 heavy (non-hydrogen) atoms. The number of piperazine rings is 1. The van der Waals surface area contributed by atoms with Crippen LogP contribution in [0, 0.1) is 0 Å². The number of hydrogen-bond acceptors (Lipinski definition) is 5. The number of nitrogens with zero attached hydrogens (tertiary/aromatic N) is 7. The molecule has 0 aromatic carbocycles. The van der Waals surface area contributed by atoms with Gasteiger partial charge in [-0.3, -0.25) is 9.56 Å². The van der Waals surface area contributed by atoms with Crippen molar-refractivity contribution in [3.63, 3.8) is 0 Å². The maximum Gasteiger partial charge on any atom is 0.345 e. The SMILES string of the molecule is CCNC(=NCCCn1nc2n(c1=O)CCCC2)N1CCN(c2ccccn2)CC1. The first-order valence-corrected chi connectivity index (χ1v) is 11.1. The van der Waals surface area contributed by atoms with Gasteiger partial charge in [0.15, 0.2) is 5.96 Å². The van der Waals surface area contributed by atoms with Crippen LogP contribution in [0.5, 0.6) is 0 Å². The molecule has 0 aliphatic carbocycles. The second-order valence-corrected chi connectivity index (χ2v) is 7.78. The maximum atomic E-state index is 12.4. The summed E-state index contributed by atoms with van der Waals surface area (Å²) in [5.41, 5.74) is 0.0335. The van der Waals surface area contributed by atoms with Crippen molar-refractivity contribution in [1.29, 1.82) is 0 Å². The molecule has 0 spiro atoms. The highest BCUT2D eigenvalue weighted by Gasteiger charge is 2.20. The van der Waals surface area contributed by atoms with Crippen molar-refractivity contribution in [3.05, 3.63) is 40.7 Å². The van der Waals surface area contributed by atoms with Crippen LogP contribution in [-0.4, -0.2) is 69.5 Å². The molecule has 0 unspecified atom stereocenters. The summed E-state index contributed by atoms with van der Waals surface area (Å²) in [7, 11) is 0. The van der Waals surface area contributed by atoms with Crippen molar-refractivity contribution >= 4 is 11.8 Å². The van der Waals surface area contributed by atoms with Crippen molar-refractivity contribution in [2.24, 2.45) is 4.99 Å². The largest absolute Gasteiger partial charge is 0.357 e. The van der Waals surface area contributed by atoms with Gasteiger partial charge in [0.1, 0.15) is 11.6 Å². The van der Waals surface area contributed by atoms with Gasteiger partial charge in [-0.05, 0) is 38.3 Å². The van der Waals surface area contributed by atoms with E-state index in [9.17, 15) is 4.79 Å². The van der Waals surface area contributed by atoms with Gasteiger partial charge in [-0.1, -0.05) is 6.07 Å². The van der Waals surface area contributed by atoms with Crippen LogP contribution < -0.4 is 15.9 Å². The maximum absolute atomic E-state index is 12.4. The Bertz CT molecular complexity index is 895. The minimum atomic E-state index is 0.0335. The normalized spacial score (nSPS) is 17.2. The highest BCUT2D eigenvalue weighted by molar-refractivity contribution is 5.80. The van der Waals surface area contributed by atoms with Crippen LogP contribution in [0.25, 0.3) is 0 Å². The molecule has 9 heteroatoms. The zero-order valence-corrected chi connectivity index (χ0v) is 17.8. The molecule has 2 aliphatic rings. The average molecular weight is 413 g/mol. The zero-order valence-electron chi connectivity index (χ0n) is 17.8. The molecule has 0 atom stereocenters. The molecule has 0 radical (unpaired) electrons. The number of aryl methyl sites for hydroxylation is 2. The van der Waals surface area contributed by atoms with Crippen LogP contribution >= 0.6 is 0 Å². The molecule has 0 amide bonds. The molecule has 1 saturated heterocycles. The number of anilines is 1. The molecule has 0 bridgehead atoms. The van der Waals surface area contributed by atoms with Crippen LogP contribution in [-0.2, 0) is 19.5 Å². The number of guanidine groups is 1. The topological polar surface area (TPSA) is 83.6 Å². The van der Waals surface area contributed by atoms with E-state index in [2.05, 4.69) is 38.2 Å². The fourth-order valence-electron chi connectivity index (χ4n) is 4.11. The van der Waals surface area contributed by atoms with Gasteiger partial charge in [0.05, 0.1) is 0 Å². The summed E-state index contributed by atoms with van der Waals surface area (Å²) < 4.78 is 3.45. The monoisotopic (exact) mass is 412 g/mol. The van der Waals surface area contributed by atoms with Crippen molar-refractivity contribution in [2.45, 2.75) is 45.7 Å². The lowest BCUT2D eigenvalue weighted by Gasteiger charge is -2.37. The van der Waals surface area contributed by atoms with Crippen molar-refractivity contribution in [2.75, 3.05) is 44.2 Å². The summed E-state index contributed by atoms with van der Waals surface area (Å²) in [6, 6.07) is 6.04. The predicted molar refractivity (Wildman–Crippen MR) is 118 cm³/mol. The smallest absolute Gasteiger partial charge is 0.345 e. The van der Waals surface area contributed by atoms with Gasteiger partial charge in [0.25, 0.3) is 0 Å². The third-order valence-corrected chi connectivity index (χ3v) is 5.71. The van der Waals surface area contributed by atoms with Gasteiger partial charge < -0.3 is 15.1 Å². The summed E-state index contributed by atoms with van der Waals surface area (Å²) >= 11 is 0. The van der Waals surface area contributed by atoms with E-state index in [1.54, 1.807) is 4.68 Å². The Hall–Kier alpha value is -2.84. The summed E-state index contributed by atoms with van der Waals surface area (Å²) in [5.74, 6) is 2.93. The molecule has 0 saturated carbocycles. The van der Waals surface area contributed by atoms with Gasteiger partial charge in [-0.2, -0.15) is 5.10 Å². The van der Waals surface area contributed by atoms with Crippen molar-refractivity contribution in [3.8, 4) is 0 Å². The predicted octanol–water partition coefficient (Wildman–Crippen LogP) is 0.954. The lowest BCUT2D eigenvalue weighted by atomic mass is 10.2. The number of rotatable bonds is 6. The molecule has 4 heterocycles. The second-order valence-electron chi connectivity index (χ2n) is 7.78. The van der Waals surface area contributed by atoms with E-state index < -0.39 is 0 Å². The Kier molecular flexibility index (Phi) is 6.66. The molecular formula is C21H32N8O. The molecule has 2 aromatic rings. The third-order valence-electron chi connectivity index (χ3n) is 5.71. The average Bonchev–Trinajstić information content (AvgIpc) is 3.12. The molecule has 1 N–H and O–H groups in total. The molecule has 9 nitrogen and oxygen atoms in total. The Balaban J connectivity index is 1.30. The van der Waals surface area contributed by atoms with E-state index in [-0.39, 0.29) is 5.69 Å². The Labute approximate surface area is 177 Å². The van der Waals surface area contributed by atoms with Crippen LogP contribution in [0.3, 0.4) is 0 Å². The molecule has 162 valence electrons. The van der Waals surface area contributed by atoms with E-state index in [0.29, 0.717) is 13.1 Å². The van der Waals surface area contributed by atoms with Gasteiger partial charge in [-0.15, -0.1) is 0 Å². The van der Waals surface area contributed by atoms with Gasteiger partial charge in [-0.25, -0.2) is 14.5 Å². The van der Waals surface area contributed by atoms with Crippen LogP contribution in [0.15, 0.2) is 34.2 Å². The van der Waals surface area contributed by atoms with Crippen LogP contribution in [0.1, 0.15) is 32.0 Å². The van der Waals surface area contributed by atoms with E-state index in [4.69, 9.17) is 4.99 Å². The van der Waals surface area contributed by atoms with Crippen LogP contribution in [0.4, 0.5) is 5.82 Å². The first-order chi connectivity index (χ1) is 14.8. The fourth-order valence-corrected chi connectivity index (χ4v) is 4.11. The minimum Gasteiger partial charge on any atom is -0.357 e. The van der Waals surface area contributed by atoms with Gasteiger partial charge in [0, 0.05) is 65.0 Å². The van der Waals surface area contributed by atoms with Gasteiger partial charge in [0.2, 0.25) is 0 Å². The number of pyridine rings is 1. The van der Waals surface area contributed by atoms with Crippen LogP contribution in [0.2, 0.25) is 0 Å². The number of fused-ring (bicyclic) bond motifs is 1. The molecule has 2 aromatic heterocycles. The second kappa shape index (κ2) is 9.77. The number of aromatic nitrogens is 4. The molecule has 4 rings (SSSR count). The quantitative estimate of drug-likeness (QED) is 0.432. The summed E-state index contributed by atoms with van der Waals surface area (Å²) in [6.45, 7) is 8.72. The number of nitrogens with one attached hydrogen (secondary N) is 1. The van der Waals surface area contributed by atoms with E-state index in [1.807, 2.05) is 22.9 Å². The number of aliphatic imine (C=N–C) groups is 1.